The Balaban J connectivity index is 2.27. The maximum absolute atomic E-state index is 11.3. The topological polar surface area (TPSA) is 83.1 Å². The summed E-state index contributed by atoms with van der Waals surface area (Å²) in [6.07, 6.45) is 0. The summed E-state index contributed by atoms with van der Waals surface area (Å²) < 4.78 is 7.31. The van der Waals surface area contributed by atoms with Gasteiger partial charge in [0.05, 0.1) is 4.47 Å². The molecular formula is C12H16BrClN4O3Si. The van der Waals surface area contributed by atoms with Gasteiger partial charge in [0.2, 0.25) is 6.73 Å². The third-order valence-electron chi connectivity index (χ3n) is 2.97. The van der Waals surface area contributed by atoms with E-state index in [0.29, 0.717) is 16.6 Å². The van der Waals surface area contributed by atoms with Gasteiger partial charge >= 0.3 is 5.82 Å². The Kier molecular flexibility index (Phi) is 5.20. The van der Waals surface area contributed by atoms with Gasteiger partial charge < -0.3 is 14.9 Å². The van der Waals surface area contributed by atoms with Crippen LogP contribution in [0.2, 0.25) is 30.8 Å². The summed E-state index contributed by atoms with van der Waals surface area (Å²) in [5.41, 5.74) is 0.545. The molecule has 0 unspecified atom stereocenters. The molecule has 0 N–H and O–H groups in total. The molecule has 22 heavy (non-hydrogen) atoms. The van der Waals surface area contributed by atoms with Gasteiger partial charge in [-0.15, -0.1) is 4.68 Å². The van der Waals surface area contributed by atoms with E-state index in [2.05, 4.69) is 45.7 Å². The predicted molar refractivity (Wildman–Crippen MR) is 91.0 cm³/mol. The van der Waals surface area contributed by atoms with Crippen molar-refractivity contribution >= 4 is 52.5 Å². The third-order valence-corrected chi connectivity index (χ3v) is 5.48. The van der Waals surface area contributed by atoms with Crippen molar-refractivity contribution in [3.8, 4) is 0 Å². The molecule has 2 rings (SSSR count). The molecule has 0 spiro atoms. The zero-order valence-corrected chi connectivity index (χ0v) is 15.8. The first kappa shape index (κ1) is 17.3. The van der Waals surface area contributed by atoms with Crippen LogP contribution in [0.25, 0.3) is 11.0 Å². The molecule has 2 heterocycles. The Labute approximate surface area is 141 Å². The molecule has 0 atom stereocenters. The Morgan fingerprint density at radius 3 is 2.73 bits per heavy atom. The number of fused-ring (bicyclic) bond motifs is 1. The molecule has 0 amide bonds. The molecular weight excluding hydrogens is 392 g/mol. The van der Waals surface area contributed by atoms with Crippen molar-refractivity contribution in [2.45, 2.75) is 32.4 Å². The minimum absolute atomic E-state index is 0.0151. The zero-order valence-electron chi connectivity index (χ0n) is 12.5. The SMILES string of the molecule is C[Si](C)(C)CCOCn1nc2c(Br)cc(Cl)nc2c1[N+](=O)[O-]. The van der Waals surface area contributed by atoms with Crippen LogP contribution in [0.3, 0.4) is 0 Å². The molecule has 0 radical (unpaired) electrons. The van der Waals surface area contributed by atoms with Crippen LogP contribution < -0.4 is 0 Å². The molecule has 0 aliphatic heterocycles. The van der Waals surface area contributed by atoms with E-state index in [1.807, 2.05) is 0 Å². The highest BCUT2D eigenvalue weighted by Crippen LogP contribution is 2.31. The lowest BCUT2D eigenvalue weighted by Gasteiger charge is -2.14. The van der Waals surface area contributed by atoms with Gasteiger partial charge in [0.15, 0.2) is 11.0 Å². The quantitative estimate of drug-likeness (QED) is 0.237. The third kappa shape index (κ3) is 4.03. The fourth-order valence-corrected chi connectivity index (χ4v) is 3.39. The van der Waals surface area contributed by atoms with Crippen molar-refractivity contribution in [3.05, 3.63) is 25.8 Å². The number of nitrogens with zero attached hydrogens (tertiary/aromatic N) is 4. The van der Waals surface area contributed by atoms with Crippen molar-refractivity contribution in [3.63, 3.8) is 0 Å². The summed E-state index contributed by atoms with van der Waals surface area (Å²) in [7, 11) is -1.20. The first-order valence-corrected chi connectivity index (χ1v) is 11.5. The van der Waals surface area contributed by atoms with E-state index >= 15 is 0 Å². The Bertz CT molecular complexity index is 716. The highest BCUT2D eigenvalue weighted by atomic mass is 79.9. The molecule has 2 aromatic rings. The summed E-state index contributed by atoms with van der Waals surface area (Å²) in [5, 5.41) is 15.7. The first-order chi connectivity index (χ1) is 10.2. The van der Waals surface area contributed by atoms with E-state index in [9.17, 15) is 10.1 Å². The van der Waals surface area contributed by atoms with Gasteiger partial charge in [0, 0.05) is 14.7 Å². The average molecular weight is 408 g/mol. The van der Waals surface area contributed by atoms with Crippen LogP contribution in [0.1, 0.15) is 0 Å². The van der Waals surface area contributed by atoms with Gasteiger partial charge in [-0.1, -0.05) is 36.3 Å². The number of ether oxygens (including phenoxy) is 1. The molecule has 0 saturated heterocycles. The number of pyridine rings is 1. The van der Waals surface area contributed by atoms with E-state index in [1.165, 1.54) is 4.68 Å². The van der Waals surface area contributed by atoms with Crippen LogP contribution in [0.5, 0.6) is 0 Å². The lowest BCUT2D eigenvalue weighted by molar-refractivity contribution is -0.392. The molecule has 0 bridgehead atoms. The second-order valence-electron chi connectivity index (χ2n) is 6.05. The van der Waals surface area contributed by atoms with Gasteiger partial charge in [-0.25, -0.2) is 4.98 Å². The minimum atomic E-state index is -1.20. The second-order valence-corrected chi connectivity index (χ2v) is 12.9. The van der Waals surface area contributed by atoms with E-state index in [4.69, 9.17) is 16.3 Å². The van der Waals surface area contributed by atoms with Crippen molar-refractivity contribution in [2.75, 3.05) is 6.61 Å². The number of nitro groups is 1. The fourth-order valence-electron chi connectivity index (χ4n) is 1.82. The van der Waals surface area contributed by atoms with E-state index in [1.54, 1.807) is 6.07 Å². The van der Waals surface area contributed by atoms with Gasteiger partial charge in [-0.2, -0.15) is 0 Å². The van der Waals surface area contributed by atoms with Crippen LogP contribution in [0, 0.1) is 10.1 Å². The van der Waals surface area contributed by atoms with Crippen molar-refractivity contribution < 1.29 is 9.66 Å². The normalized spacial score (nSPS) is 12.0. The summed E-state index contributed by atoms with van der Waals surface area (Å²) >= 11 is 9.15. The molecule has 10 heteroatoms. The summed E-state index contributed by atoms with van der Waals surface area (Å²) in [6.45, 7) is 7.29. The Morgan fingerprint density at radius 2 is 2.14 bits per heavy atom. The molecule has 2 aromatic heterocycles. The van der Waals surface area contributed by atoms with Crippen molar-refractivity contribution in [2.24, 2.45) is 0 Å². The summed E-state index contributed by atoms with van der Waals surface area (Å²) in [5.74, 6) is -0.216. The van der Waals surface area contributed by atoms with Crippen LogP contribution in [0.4, 0.5) is 5.82 Å². The zero-order chi connectivity index (χ0) is 16.5. The van der Waals surface area contributed by atoms with Crippen LogP contribution >= 0.6 is 27.5 Å². The van der Waals surface area contributed by atoms with Crippen LogP contribution in [-0.2, 0) is 11.5 Å². The standard InChI is InChI=1S/C12H16BrClN4O3Si/c1-22(2,3)5-4-21-7-17-12(18(19)20)11-10(16-17)8(13)6-9(14)15-11/h6H,4-5,7H2,1-3H3. The van der Waals surface area contributed by atoms with Gasteiger partial charge in [-0.05, 0) is 33.0 Å². The van der Waals surface area contributed by atoms with Crippen LogP contribution in [0.15, 0.2) is 10.5 Å². The molecule has 7 nitrogen and oxygen atoms in total. The molecule has 0 aliphatic carbocycles. The first-order valence-electron chi connectivity index (χ1n) is 6.64. The summed E-state index contributed by atoms with van der Waals surface area (Å²) in [6, 6.07) is 2.53. The van der Waals surface area contributed by atoms with Crippen molar-refractivity contribution in [1.82, 2.24) is 14.8 Å². The Morgan fingerprint density at radius 1 is 1.45 bits per heavy atom. The van der Waals surface area contributed by atoms with Crippen molar-refractivity contribution in [1.29, 1.82) is 0 Å². The maximum Gasteiger partial charge on any atom is 0.373 e. The molecule has 0 saturated carbocycles. The number of aromatic nitrogens is 3. The molecule has 0 fully saturated rings. The largest absolute Gasteiger partial charge is 0.373 e. The number of hydrogen-bond acceptors (Lipinski definition) is 5. The van der Waals surface area contributed by atoms with E-state index < -0.39 is 13.0 Å². The second kappa shape index (κ2) is 6.61. The molecule has 120 valence electrons. The minimum Gasteiger partial charge on any atom is -0.358 e. The monoisotopic (exact) mass is 406 g/mol. The fraction of sp³-hybridized carbons (Fsp3) is 0.500. The van der Waals surface area contributed by atoms with Gasteiger partial charge in [0.25, 0.3) is 0 Å². The molecule has 0 aromatic carbocycles. The Hall–Kier alpha value is -1.03. The number of hydrogen-bond donors (Lipinski definition) is 0. The van der Waals surface area contributed by atoms with Gasteiger partial charge in [-0.3, -0.25) is 0 Å². The van der Waals surface area contributed by atoms with E-state index in [0.717, 1.165) is 6.04 Å². The molecule has 0 aliphatic rings. The lowest BCUT2D eigenvalue weighted by Crippen LogP contribution is -2.22. The smallest absolute Gasteiger partial charge is 0.358 e. The highest BCUT2D eigenvalue weighted by molar-refractivity contribution is 9.10. The van der Waals surface area contributed by atoms with Crippen LogP contribution in [-0.4, -0.2) is 34.4 Å². The lowest BCUT2D eigenvalue weighted by atomic mass is 10.4. The number of rotatable bonds is 6. The highest BCUT2D eigenvalue weighted by Gasteiger charge is 2.25. The maximum atomic E-state index is 11.3. The summed E-state index contributed by atoms with van der Waals surface area (Å²) in [4.78, 5) is 14.8. The predicted octanol–water partition coefficient (Wildman–Crippen LogP) is 4.07. The number of halogens is 2. The average Bonchev–Trinajstić information content (AvgIpc) is 2.72. The van der Waals surface area contributed by atoms with Gasteiger partial charge in [0.1, 0.15) is 5.15 Å². The van der Waals surface area contributed by atoms with E-state index in [-0.39, 0.29) is 23.2 Å².